The molecule has 0 atom stereocenters. The second-order valence-corrected chi connectivity index (χ2v) is 3.63. The van der Waals surface area contributed by atoms with Crippen molar-refractivity contribution in [3.8, 4) is 0 Å². The summed E-state index contributed by atoms with van der Waals surface area (Å²) in [5, 5.41) is 1.27. The van der Waals surface area contributed by atoms with Crippen LogP contribution in [0.5, 0.6) is 0 Å². The van der Waals surface area contributed by atoms with Crippen LogP contribution in [0.15, 0.2) is 24.3 Å². The van der Waals surface area contributed by atoms with Gasteiger partial charge in [0.05, 0.1) is 0 Å². The van der Waals surface area contributed by atoms with Crippen LogP contribution >= 0.6 is 0 Å². The maximum Gasteiger partial charge on any atom is 0 e. The molecular weight excluding hydrogens is 453 g/mol. The van der Waals surface area contributed by atoms with E-state index in [-0.39, 0.29) is 98.1 Å². The van der Waals surface area contributed by atoms with E-state index >= 15 is 0 Å². The van der Waals surface area contributed by atoms with Gasteiger partial charge in [-0.3, -0.25) is 6.10 Å². The number of fused-ring (bicyclic) bond motifs is 3. The number of H-pyrrole nitrogens is 1. The molecule has 1 aromatic heterocycles. The Hall–Kier alpha value is 1.77. The molecule has 1 aliphatic heterocycles. The molecule has 2 heterocycles. The molecule has 0 spiro atoms. The molecule has 1 aromatic carbocycles. The predicted octanol–water partition coefficient (Wildman–Crippen LogP) is 2.85. The third-order valence-electron chi connectivity index (χ3n) is 2.78. The van der Waals surface area contributed by atoms with E-state index in [1.165, 1.54) is 16.5 Å². The molecule has 0 amide bonds. The van der Waals surface area contributed by atoms with Crippen molar-refractivity contribution in [1.82, 2.24) is 4.98 Å². The average molecular weight is 465 g/mol. The molecule has 0 aliphatic carbocycles. The van der Waals surface area contributed by atoms with E-state index in [1.807, 2.05) is 19.4 Å². The summed E-state index contributed by atoms with van der Waals surface area (Å²) in [6, 6.07) is 8.34. The Labute approximate surface area is 183 Å². The molecule has 2 aromatic rings. The minimum Gasteiger partial charge on any atom is -0.491 e. The monoisotopic (exact) mass is 465 g/mol. The Morgan fingerprint density at radius 2 is 2.00 bits per heavy atom. The van der Waals surface area contributed by atoms with Gasteiger partial charge >= 0.3 is 0 Å². The molecule has 3 radical (unpaired) electrons. The van der Waals surface area contributed by atoms with Crippen LogP contribution in [0.4, 0.5) is 0 Å². The van der Waals surface area contributed by atoms with Gasteiger partial charge < -0.3 is 21.7 Å². The molecule has 0 bridgehead atoms. The van der Waals surface area contributed by atoms with Crippen LogP contribution in [-0.2, 0) is 103 Å². The molecule has 87 valence electrons. The second-order valence-electron chi connectivity index (χ2n) is 3.63. The number of rotatable bonds is 1. The number of hydrogen-bond acceptors (Lipinski definition) is 1. The largest absolute Gasteiger partial charge is 0.491 e. The van der Waals surface area contributed by atoms with Gasteiger partial charge in [0, 0.05) is 98.1 Å². The average Bonchev–Trinajstić information content (AvgIpc) is 2.67. The Morgan fingerprint density at radius 3 is 2.72 bits per heavy atom. The summed E-state index contributed by atoms with van der Waals surface area (Å²) in [5.74, 6) is 0. The van der Waals surface area contributed by atoms with Crippen molar-refractivity contribution >= 4 is 10.9 Å². The summed E-state index contributed by atoms with van der Waals surface area (Å²) in [5.41, 5.74) is 3.54. The van der Waals surface area contributed by atoms with Crippen LogP contribution in [-0.4, -0.2) is 11.6 Å². The summed E-state index contributed by atoms with van der Waals surface area (Å²) in [4.78, 5) is 3.39. The Morgan fingerprint density at radius 1 is 1.28 bits per heavy atom. The normalized spacial score (nSPS) is 12.6. The molecule has 0 saturated carbocycles. The summed E-state index contributed by atoms with van der Waals surface area (Å²) in [6.45, 7) is 2.66. The van der Waals surface area contributed by atoms with Gasteiger partial charge in [-0.05, 0) is 12.1 Å². The van der Waals surface area contributed by atoms with Crippen LogP contribution in [0.3, 0.4) is 0 Å². The number of benzene rings is 1. The van der Waals surface area contributed by atoms with Gasteiger partial charge in [-0.15, -0.1) is 6.07 Å². The van der Waals surface area contributed by atoms with Crippen LogP contribution in [0.1, 0.15) is 18.2 Å². The fourth-order valence-electron chi connectivity index (χ4n) is 2.08. The fourth-order valence-corrected chi connectivity index (χ4v) is 2.08. The molecule has 0 unspecified atom stereocenters. The van der Waals surface area contributed by atoms with E-state index < -0.39 is 0 Å². The molecule has 18 heavy (non-hydrogen) atoms. The fraction of sp³-hybridized carbons (Fsp3) is 0.154. The zero-order valence-electron chi connectivity index (χ0n) is 10.3. The molecule has 2 nitrogen and oxygen atoms in total. The van der Waals surface area contributed by atoms with Crippen LogP contribution in [0.2, 0.25) is 0 Å². The van der Waals surface area contributed by atoms with E-state index in [4.69, 9.17) is 4.74 Å². The minimum atomic E-state index is 0. The van der Waals surface area contributed by atoms with Crippen LogP contribution < -0.4 is 0 Å². The summed E-state index contributed by atoms with van der Waals surface area (Å²) in [7, 11) is 0. The first-order chi connectivity index (χ1) is 7.40. The first-order valence-electron chi connectivity index (χ1n) is 5.13. The van der Waals surface area contributed by atoms with E-state index in [9.17, 15) is 0 Å². The topological polar surface area (TPSA) is 25.0 Å². The quantitative estimate of drug-likeness (QED) is 0.645. The molecule has 3 rings (SSSR count). The number of ether oxygens (including phenoxy) is 1. The maximum atomic E-state index is 5.56. The van der Waals surface area contributed by atoms with Gasteiger partial charge in [-0.2, -0.15) is 5.39 Å². The second kappa shape index (κ2) is 8.93. The first kappa shape index (κ1) is 19.8. The van der Waals surface area contributed by atoms with Crippen molar-refractivity contribution in [2.24, 2.45) is 0 Å². The van der Waals surface area contributed by atoms with E-state index in [0.717, 1.165) is 11.8 Å². The van der Waals surface area contributed by atoms with Gasteiger partial charge in [0.1, 0.15) is 0 Å². The molecule has 1 N–H and O–H groups in total. The Balaban J connectivity index is 0.000000963. The smallest absolute Gasteiger partial charge is 0 e. The molecular formula is C13H12NOY3-3. The predicted molar refractivity (Wildman–Crippen MR) is 60.0 cm³/mol. The van der Waals surface area contributed by atoms with Crippen LogP contribution in [0, 0.1) is 18.9 Å². The van der Waals surface area contributed by atoms with E-state index in [1.54, 1.807) is 0 Å². The molecule has 5 heteroatoms. The van der Waals surface area contributed by atoms with E-state index in [2.05, 4.69) is 29.6 Å². The first-order valence-corrected chi connectivity index (χ1v) is 5.13. The summed E-state index contributed by atoms with van der Waals surface area (Å²) in [6.07, 6.45) is 5.08. The van der Waals surface area contributed by atoms with Gasteiger partial charge in [-0.1, -0.05) is 18.2 Å². The zero-order chi connectivity index (χ0) is 10.3. The van der Waals surface area contributed by atoms with Crippen molar-refractivity contribution in [1.29, 1.82) is 0 Å². The number of hydrogen-bond donors (Lipinski definition) is 1. The molecule has 0 saturated heterocycles. The third-order valence-corrected chi connectivity index (χ3v) is 2.78. The minimum absolute atomic E-state index is 0. The van der Waals surface area contributed by atoms with Crippen molar-refractivity contribution in [2.75, 3.05) is 6.61 Å². The summed E-state index contributed by atoms with van der Waals surface area (Å²) < 4.78 is 5.56. The maximum absolute atomic E-state index is 5.56. The van der Waals surface area contributed by atoms with Crippen LogP contribution in [0.25, 0.3) is 10.9 Å². The van der Waals surface area contributed by atoms with Crippen molar-refractivity contribution in [3.05, 3.63) is 54.5 Å². The third kappa shape index (κ3) is 3.70. The molecule has 1 aliphatic rings. The van der Waals surface area contributed by atoms with E-state index in [0.29, 0.717) is 6.61 Å². The van der Waals surface area contributed by atoms with Crippen molar-refractivity contribution in [3.63, 3.8) is 0 Å². The number of aromatic amines is 1. The SMILES string of the molecule is C[CH-][C-]1OC[CH-]c2c1[nH]c1ccccc21.[Y].[Y].[Y]. The van der Waals surface area contributed by atoms with Gasteiger partial charge in [0.2, 0.25) is 0 Å². The zero-order valence-corrected chi connectivity index (χ0v) is 18.8. The standard InChI is InChI=1S/C13H12NO.3Y/c1-2-12-13-10(7-8-15-12)9-5-3-4-6-11(9)14-13;;;/h2-7,14H,8H2,1H3;;;/q-3;;;. The molecule has 0 fully saturated rings. The van der Waals surface area contributed by atoms with Crippen molar-refractivity contribution < 1.29 is 103 Å². The Bertz CT molecular complexity index is 498. The number of aromatic nitrogens is 1. The Kier molecular flexibility index (Phi) is 9.80. The van der Waals surface area contributed by atoms with Gasteiger partial charge in [0.15, 0.2) is 0 Å². The van der Waals surface area contributed by atoms with Crippen molar-refractivity contribution in [2.45, 2.75) is 6.92 Å². The summed E-state index contributed by atoms with van der Waals surface area (Å²) >= 11 is 0. The van der Waals surface area contributed by atoms with Gasteiger partial charge in [-0.25, -0.2) is 19.0 Å². The number of nitrogens with one attached hydrogen (secondary N) is 1. The van der Waals surface area contributed by atoms with Gasteiger partial charge in [0.25, 0.3) is 0 Å². The number of para-hydroxylation sites is 1.